The van der Waals surface area contributed by atoms with E-state index in [0.717, 1.165) is 66.7 Å². The van der Waals surface area contributed by atoms with Gasteiger partial charge in [-0.2, -0.15) is 0 Å². The molecule has 3 aliphatic rings. The Balaban J connectivity index is 1.36. The highest BCUT2D eigenvalue weighted by Crippen LogP contribution is 2.41. The number of amides is 2. The molecule has 2 aromatic rings. The molecule has 0 unspecified atom stereocenters. The lowest BCUT2D eigenvalue weighted by molar-refractivity contribution is -0.144. The molecule has 238 valence electrons. The average molecular weight is 605 g/mol. The molecule has 0 aliphatic carbocycles. The van der Waals surface area contributed by atoms with E-state index in [9.17, 15) is 19.5 Å². The summed E-state index contributed by atoms with van der Waals surface area (Å²) >= 11 is 0. The van der Waals surface area contributed by atoms with Gasteiger partial charge in [-0.25, -0.2) is 0 Å². The Morgan fingerprint density at radius 2 is 1.80 bits per heavy atom. The zero-order chi connectivity index (χ0) is 31.2. The van der Waals surface area contributed by atoms with Gasteiger partial charge < -0.3 is 24.5 Å². The summed E-state index contributed by atoms with van der Waals surface area (Å²) in [5.41, 5.74) is 3.82. The molecule has 3 heterocycles. The van der Waals surface area contributed by atoms with E-state index in [0.29, 0.717) is 45.8 Å². The molecule has 0 aromatic heterocycles. The number of likely N-dealkylation sites (tertiary alicyclic amines) is 1. The van der Waals surface area contributed by atoms with Crippen molar-refractivity contribution in [1.29, 1.82) is 0 Å². The minimum atomic E-state index is -0.853. The van der Waals surface area contributed by atoms with Crippen molar-refractivity contribution < 1.29 is 24.2 Å². The van der Waals surface area contributed by atoms with Crippen LogP contribution in [0.15, 0.2) is 42.5 Å². The molecule has 9 nitrogen and oxygen atoms in total. The molecular weight excluding hydrogens is 556 g/mol. The van der Waals surface area contributed by atoms with E-state index in [4.69, 9.17) is 4.74 Å². The van der Waals surface area contributed by atoms with Crippen LogP contribution in [0.3, 0.4) is 0 Å². The molecule has 3 atom stereocenters. The molecule has 0 bridgehead atoms. The van der Waals surface area contributed by atoms with Crippen molar-refractivity contribution in [1.82, 2.24) is 19.6 Å². The Kier molecular flexibility index (Phi) is 10.6. The molecule has 0 spiro atoms. The number of aliphatic carboxylic acids is 1. The number of hydrogen-bond donors (Lipinski definition) is 1. The molecule has 9 heteroatoms. The lowest BCUT2D eigenvalue weighted by Crippen LogP contribution is -2.45. The van der Waals surface area contributed by atoms with Crippen molar-refractivity contribution >= 4 is 17.8 Å². The van der Waals surface area contributed by atoms with Crippen LogP contribution in [0, 0.1) is 5.92 Å². The first kappa shape index (κ1) is 32.0. The summed E-state index contributed by atoms with van der Waals surface area (Å²) in [4.78, 5) is 48.0. The number of carbonyl (C=O) groups is 3. The summed E-state index contributed by atoms with van der Waals surface area (Å²) in [6, 6.07) is 13.3. The number of ether oxygens (including phenoxy) is 1. The van der Waals surface area contributed by atoms with Gasteiger partial charge in [0.1, 0.15) is 5.75 Å². The fraction of sp³-hybridized carbons (Fsp3) is 0.571. The number of hydrogen-bond acceptors (Lipinski definition) is 6. The van der Waals surface area contributed by atoms with Crippen LogP contribution in [0.4, 0.5) is 0 Å². The van der Waals surface area contributed by atoms with E-state index >= 15 is 0 Å². The predicted molar refractivity (Wildman–Crippen MR) is 170 cm³/mol. The smallest absolute Gasteiger partial charge is 0.308 e. The topological polar surface area (TPSA) is 93.6 Å². The molecule has 0 radical (unpaired) electrons. The third-order valence-corrected chi connectivity index (χ3v) is 9.52. The number of carboxylic acids is 1. The molecule has 1 N–H and O–H groups in total. The Labute approximate surface area is 261 Å². The fourth-order valence-corrected chi connectivity index (χ4v) is 7.13. The first-order chi connectivity index (χ1) is 21.3. The maximum atomic E-state index is 13.9. The largest absolute Gasteiger partial charge is 0.493 e. The van der Waals surface area contributed by atoms with Gasteiger partial charge in [0.05, 0.1) is 19.1 Å². The molecule has 2 aromatic carbocycles. The maximum absolute atomic E-state index is 13.9. The van der Waals surface area contributed by atoms with Gasteiger partial charge in [-0.1, -0.05) is 43.7 Å². The number of nitrogens with zero attached hydrogens (tertiary/aromatic N) is 4. The van der Waals surface area contributed by atoms with E-state index in [1.807, 2.05) is 46.2 Å². The summed E-state index contributed by atoms with van der Waals surface area (Å²) in [5, 5.41) is 10.6. The van der Waals surface area contributed by atoms with Crippen molar-refractivity contribution in [3.63, 3.8) is 0 Å². The summed E-state index contributed by atoms with van der Waals surface area (Å²) < 4.78 is 5.71. The third kappa shape index (κ3) is 7.26. The number of rotatable bonds is 15. The number of unbranched alkanes of at least 4 members (excludes halogenated alkanes) is 2. The Bertz CT molecular complexity index is 1330. The van der Waals surface area contributed by atoms with Gasteiger partial charge in [0.2, 0.25) is 5.91 Å². The quantitative estimate of drug-likeness (QED) is 0.306. The second-order valence-electron chi connectivity index (χ2n) is 12.9. The van der Waals surface area contributed by atoms with Gasteiger partial charge in [0.25, 0.3) is 5.91 Å². The standard InChI is InChI=1S/C35H48N4O5/c1-4-5-17-37(18-9-8-16-36(2)3)32(40)24-39-23-29(25-12-13-31-26(21-25)15-20-44-31)33(35(42)43)30(39)14-19-38-22-27-10-6-7-11-28(27)34(38)41/h6-7,10-13,21,29-30,33H,4-5,8-9,14-20,22-24H2,1-3H3,(H,42,43)/t29-,30+,33-/m1/s1. The number of carboxylic acid groups (broad SMARTS) is 1. The Hall–Kier alpha value is -3.43. The molecule has 5 rings (SSSR count). The molecule has 2 amide bonds. The van der Waals surface area contributed by atoms with Crippen molar-refractivity contribution in [2.45, 2.75) is 64.0 Å². The van der Waals surface area contributed by atoms with Crippen LogP contribution in [0.25, 0.3) is 0 Å². The van der Waals surface area contributed by atoms with Gasteiger partial charge in [-0.05, 0) is 75.1 Å². The van der Waals surface area contributed by atoms with Gasteiger partial charge in [0.15, 0.2) is 0 Å². The average Bonchev–Trinajstić information content (AvgIpc) is 3.70. The van der Waals surface area contributed by atoms with Crippen molar-refractivity contribution in [2.75, 3.05) is 60.0 Å². The lowest BCUT2D eigenvalue weighted by Gasteiger charge is -2.31. The van der Waals surface area contributed by atoms with Gasteiger partial charge in [-0.3, -0.25) is 19.3 Å². The Morgan fingerprint density at radius 1 is 1.02 bits per heavy atom. The fourth-order valence-electron chi connectivity index (χ4n) is 7.13. The monoisotopic (exact) mass is 604 g/mol. The molecule has 44 heavy (non-hydrogen) atoms. The van der Waals surface area contributed by atoms with E-state index < -0.39 is 11.9 Å². The van der Waals surface area contributed by atoms with Crippen molar-refractivity contribution in [3.8, 4) is 5.75 Å². The summed E-state index contributed by atoms with van der Waals surface area (Å²) in [7, 11) is 4.12. The molecular formula is C35H48N4O5. The summed E-state index contributed by atoms with van der Waals surface area (Å²) in [6.07, 6.45) is 5.21. The molecule has 1 fully saturated rings. The lowest BCUT2D eigenvalue weighted by atomic mass is 9.83. The summed E-state index contributed by atoms with van der Waals surface area (Å²) in [5.74, 6) is -0.875. The second-order valence-corrected chi connectivity index (χ2v) is 12.9. The minimum absolute atomic E-state index is 0.00765. The predicted octanol–water partition coefficient (Wildman–Crippen LogP) is 4.11. The first-order valence-corrected chi connectivity index (χ1v) is 16.3. The van der Waals surface area contributed by atoms with Crippen LogP contribution >= 0.6 is 0 Å². The van der Waals surface area contributed by atoms with Gasteiger partial charge in [-0.15, -0.1) is 0 Å². The number of carbonyl (C=O) groups excluding carboxylic acids is 2. The normalized spacial score (nSPS) is 21.0. The first-order valence-electron chi connectivity index (χ1n) is 16.3. The highest BCUT2D eigenvalue weighted by atomic mass is 16.5. The zero-order valence-electron chi connectivity index (χ0n) is 26.5. The molecule has 1 saturated heterocycles. The van der Waals surface area contributed by atoms with E-state index in [-0.39, 0.29) is 30.3 Å². The highest BCUT2D eigenvalue weighted by molar-refractivity contribution is 5.98. The third-order valence-electron chi connectivity index (χ3n) is 9.52. The van der Waals surface area contributed by atoms with Crippen molar-refractivity contribution in [3.05, 3.63) is 64.7 Å². The van der Waals surface area contributed by atoms with Gasteiger partial charge >= 0.3 is 5.97 Å². The highest BCUT2D eigenvalue weighted by Gasteiger charge is 2.47. The SMILES string of the molecule is CCCCN(CCCCN(C)C)C(=O)CN1C[C@H](c2ccc3c(c2)CCO3)[C@@H](C(=O)O)[C@@H]1CCN1Cc2ccccc2C1=O. The van der Waals surface area contributed by atoms with E-state index in [2.05, 4.69) is 36.9 Å². The van der Waals surface area contributed by atoms with E-state index in [1.165, 1.54) is 0 Å². The van der Waals surface area contributed by atoms with Crippen LogP contribution in [-0.2, 0) is 22.6 Å². The number of benzene rings is 2. The molecule has 3 aliphatic heterocycles. The number of fused-ring (bicyclic) bond motifs is 2. The Morgan fingerprint density at radius 3 is 2.55 bits per heavy atom. The van der Waals surface area contributed by atoms with E-state index in [1.54, 1.807) is 0 Å². The van der Waals surface area contributed by atoms with Crippen LogP contribution in [0.2, 0.25) is 0 Å². The molecule has 0 saturated carbocycles. The zero-order valence-corrected chi connectivity index (χ0v) is 26.5. The van der Waals surface area contributed by atoms with Crippen LogP contribution in [-0.4, -0.2) is 109 Å². The summed E-state index contributed by atoms with van der Waals surface area (Å²) in [6.45, 7) is 6.84. The van der Waals surface area contributed by atoms with Crippen LogP contribution in [0.1, 0.15) is 72.0 Å². The van der Waals surface area contributed by atoms with Gasteiger partial charge in [0, 0.05) is 56.7 Å². The van der Waals surface area contributed by atoms with Crippen LogP contribution in [0.5, 0.6) is 5.75 Å². The van der Waals surface area contributed by atoms with Crippen molar-refractivity contribution in [2.24, 2.45) is 5.92 Å². The minimum Gasteiger partial charge on any atom is -0.493 e. The second kappa shape index (κ2) is 14.6. The maximum Gasteiger partial charge on any atom is 0.308 e. The van der Waals surface area contributed by atoms with Crippen LogP contribution < -0.4 is 4.74 Å².